The minimum atomic E-state index is -0.534. The normalized spacial score (nSPS) is 14.3. The zero-order valence-corrected chi connectivity index (χ0v) is 13.4. The molecule has 1 aromatic carbocycles. The number of hydrogen-bond acceptors (Lipinski definition) is 3. The predicted octanol–water partition coefficient (Wildman–Crippen LogP) is 3.49. The molecule has 114 valence electrons. The van der Waals surface area contributed by atoms with Gasteiger partial charge in [-0.1, -0.05) is 37.6 Å². The fraction of sp³-hybridized carbons (Fsp3) is 0.625. The maximum atomic E-state index is 9.90. The summed E-state index contributed by atoms with van der Waals surface area (Å²) in [4.78, 5) is 0. The molecule has 0 saturated heterocycles. The van der Waals surface area contributed by atoms with Crippen LogP contribution >= 0.6 is 11.6 Å². The van der Waals surface area contributed by atoms with E-state index in [0.717, 1.165) is 6.42 Å². The van der Waals surface area contributed by atoms with Gasteiger partial charge >= 0.3 is 0 Å². The monoisotopic (exact) mass is 299 g/mol. The van der Waals surface area contributed by atoms with Crippen LogP contribution in [0, 0.1) is 5.92 Å². The van der Waals surface area contributed by atoms with Crippen molar-refractivity contribution in [2.24, 2.45) is 5.92 Å². The Hall–Kier alpha value is -0.770. The van der Waals surface area contributed by atoms with Crippen molar-refractivity contribution in [3.63, 3.8) is 0 Å². The Morgan fingerprint density at radius 2 is 1.90 bits per heavy atom. The third-order valence-electron chi connectivity index (χ3n) is 3.15. The van der Waals surface area contributed by atoms with Crippen LogP contribution in [0.25, 0.3) is 0 Å². The van der Waals surface area contributed by atoms with Crippen molar-refractivity contribution >= 4 is 11.6 Å². The molecule has 2 unspecified atom stereocenters. The van der Waals surface area contributed by atoms with Crippen molar-refractivity contribution in [3.05, 3.63) is 29.3 Å². The molecule has 2 N–H and O–H groups in total. The van der Waals surface area contributed by atoms with Gasteiger partial charge in [0.05, 0.1) is 5.02 Å². The van der Waals surface area contributed by atoms with Crippen LogP contribution in [-0.4, -0.2) is 30.4 Å². The van der Waals surface area contributed by atoms with Gasteiger partial charge in [0.15, 0.2) is 0 Å². The Labute approximate surface area is 127 Å². The van der Waals surface area contributed by atoms with Crippen molar-refractivity contribution in [3.8, 4) is 5.75 Å². The van der Waals surface area contributed by atoms with E-state index < -0.39 is 6.10 Å². The van der Waals surface area contributed by atoms with Gasteiger partial charge < -0.3 is 15.2 Å². The van der Waals surface area contributed by atoms with Gasteiger partial charge in [0.25, 0.3) is 0 Å². The van der Waals surface area contributed by atoms with Gasteiger partial charge in [-0.2, -0.15) is 0 Å². The molecule has 0 heterocycles. The zero-order chi connectivity index (χ0) is 15.0. The molecule has 20 heavy (non-hydrogen) atoms. The van der Waals surface area contributed by atoms with Crippen LogP contribution in [0.1, 0.15) is 33.6 Å². The number of nitrogens with one attached hydrogen (secondary N) is 1. The summed E-state index contributed by atoms with van der Waals surface area (Å²) in [5.74, 6) is 1.33. The predicted molar refractivity (Wildman–Crippen MR) is 84.5 cm³/mol. The molecule has 1 rings (SSSR count). The number of rotatable bonds is 9. The number of aliphatic hydroxyl groups excluding tert-OH is 1. The maximum absolute atomic E-state index is 9.90. The Morgan fingerprint density at radius 3 is 2.55 bits per heavy atom. The zero-order valence-electron chi connectivity index (χ0n) is 12.6. The number of aliphatic hydroxyl groups is 1. The summed E-state index contributed by atoms with van der Waals surface area (Å²) in [6, 6.07) is 7.69. The molecule has 0 aliphatic carbocycles. The summed E-state index contributed by atoms with van der Waals surface area (Å²) in [6.45, 7) is 7.36. The van der Waals surface area contributed by atoms with E-state index in [2.05, 4.69) is 26.1 Å². The van der Waals surface area contributed by atoms with Crippen molar-refractivity contribution in [1.82, 2.24) is 5.32 Å². The first-order chi connectivity index (χ1) is 9.49. The van der Waals surface area contributed by atoms with Crippen LogP contribution in [0.5, 0.6) is 5.75 Å². The first kappa shape index (κ1) is 17.3. The average Bonchev–Trinajstić information content (AvgIpc) is 2.42. The van der Waals surface area contributed by atoms with Gasteiger partial charge in [0.1, 0.15) is 18.5 Å². The van der Waals surface area contributed by atoms with Crippen molar-refractivity contribution in [2.45, 2.75) is 45.8 Å². The summed E-state index contributed by atoms with van der Waals surface area (Å²) in [6.07, 6.45) is 1.78. The summed E-state index contributed by atoms with van der Waals surface area (Å²) < 4.78 is 5.51. The molecular formula is C16H26ClNO2. The van der Waals surface area contributed by atoms with E-state index >= 15 is 0 Å². The second-order valence-electron chi connectivity index (χ2n) is 5.68. The van der Waals surface area contributed by atoms with Crippen molar-refractivity contribution in [2.75, 3.05) is 13.2 Å². The highest BCUT2D eigenvalue weighted by Gasteiger charge is 2.09. The van der Waals surface area contributed by atoms with Gasteiger partial charge in [-0.05, 0) is 37.8 Å². The third-order valence-corrected chi connectivity index (χ3v) is 3.46. The first-order valence-corrected chi connectivity index (χ1v) is 7.65. The van der Waals surface area contributed by atoms with Gasteiger partial charge in [0, 0.05) is 12.6 Å². The number of halogens is 1. The third kappa shape index (κ3) is 7.13. The Balaban J connectivity index is 2.20. The average molecular weight is 300 g/mol. The van der Waals surface area contributed by atoms with Gasteiger partial charge in [-0.15, -0.1) is 0 Å². The van der Waals surface area contributed by atoms with Gasteiger partial charge in [-0.25, -0.2) is 0 Å². The van der Waals surface area contributed by atoms with Crippen molar-refractivity contribution < 1.29 is 9.84 Å². The second-order valence-corrected chi connectivity index (χ2v) is 6.08. The second kappa shape index (κ2) is 9.22. The van der Waals surface area contributed by atoms with Crippen LogP contribution in [-0.2, 0) is 0 Å². The highest BCUT2D eigenvalue weighted by Crippen LogP contribution is 2.23. The summed E-state index contributed by atoms with van der Waals surface area (Å²) in [5.41, 5.74) is 0. The minimum absolute atomic E-state index is 0.244. The number of hydrogen-bond donors (Lipinski definition) is 2. The maximum Gasteiger partial charge on any atom is 0.138 e. The highest BCUT2D eigenvalue weighted by atomic mass is 35.5. The topological polar surface area (TPSA) is 41.5 Å². The van der Waals surface area contributed by atoms with E-state index in [9.17, 15) is 5.11 Å². The molecule has 0 saturated carbocycles. The molecule has 0 amide bonds. The molecule has 0 fully saturated rings. The molecular weight excluding hydrogens is 274 g/mol. The van der Waals surface area contributed by atoms with Crippen LogP contribution in [0.4, 0.5) is 0 Å². The SMILES string of the molecule is CC(C)CCC(C)NCC(O)COc1ccccc1Cl. The fourth-order valence-electron chi connectivity index (χ4n) is 1.83. The Morgan fingerprint density at radius 1 is 1.20 bits per heavy atom. The van der Waals surface area contributed by atoms with E-state index in [4.69, 9.17) is 16.3 Å². The van der Waals surface area contributed by atoms with E-state index in [1.54, 1.807) is 12.1 Å². The molecule has 0 spiro atoms. The quantitative estimate of drug-likeness (QED) is 0.733. The summed E-state index contributed by atoms with van der Waals surface area (Å²) in [5, 5.41) is 13.8. The van der Waals surface area contributed by atoms with E-state index in [1.807, 2.05) is 12.1 Å². The number of ether oxygens (including phenoxy) is 1. The lowest BCUT2D eigenvalue weighted by Crippen LogP contribution is -2.36. The van der Waals surface area contributed by atoms with Crippen LogP contribution < -0.4 is 10.1 Å². The molecule has 0 aromatic heterocycles. The molecule has 0 aliphatic rings. The molecule has 4 heteroatoms. The lowest BCUT2D eigenvalue weighted by molar-refractivity contribution is 0.103. The molecule has 0 aliphatic heterocycles. The van der Waals surface area contributed by atoms with E-state index in [1.165, 1.54) is 6.42 Å². The van der Waals surface area contributed by atoms with Gasteiger partial charge in [-0.3, -0.25) is 0 Å². The summed E-state index contributed by atoms with van der Waals surface area (Å²) >= 11 is 5.98. The molecule has 0 radical (unpaired) electrons. The Bertz CT molecular complexity index is 384. The molecule has 3 nitrogen and oxygen atoms in total. The number of para-hydroxylation sites is 1. The fourth-order valence-corrected chi connectivity index (χ4v) is 2.02. The van der Waals surface area contributed by atoms with Crippen LogP contribution in [0.15, 0.2) is 24.3 Å². The van der Waals surface area contributed by atoms with Crippen molar-refractivity contribution in [1.29, 1.82) is 0 Å². The van der Waals surface area contributed by atoms with E-state index in [0.29, 0.717) is 29.3 Å². The number of benzene rings is 1. The van der Waals surface area contributed by atoms with E-state index in [-0.39, 0.29) is 6.61 Å². The summed E-state index contributed by atoms with van der Waals surface area (Å²) in [7, 11) is 0. The lowest BCUT2D eigenvalue weighted by Gasteiger charge is -2.18. The van der Waals surface area contributed by atoms with Gasteiger partial charge in [0.2, 0.25) is 0 Å². The highest BCUT2D eigenvalue weighted by molar-refractivity contribution is 6.32. The first-order valence-electron chi connectivity index (χ1n) is 7.27. The lowest BCUT2D eigenvalue weighted by atomic mass is 10.0. The largest absolute Gasteiger partial charge is 0.489 e. The van der Waals surface area contributed by atoms with Crippen LogP contribution in [0.2, 0.25) is 5.02 Å². The molecule has 2 atom stereocenters. The smallest absolute Gasteiger partial charge is 0.138 e. The van der Waals surface area contributed by atoms with Crippen LogP contribution in [0.3, 0.4) is 0 Å². The molecule has 0 bridgehead atoms. The minimum Gasteiger partial charge on any atom is -0.489 e. The Kier molecular flexibility index (Phi) is 7.97. The molecule has 1 aromatic rings. The standard InChI is InChI=1S/C16H26ClNO2/c1-12(2)8-9-13(3)18-10-14(19)11-20-16-7-5-4-6-15(16)17/h4-7,12-14,18-19H,8-11H2,1-3H3.